The summed E-state index contributed by atoms with van der Waals surface area (Å²) in [5.41, 5.74) is 2.29. The van der Waals surface area contributed by atoms with E-state index < -0.39 is 0 Å². The van der Waals surface area contributed by atoms with Crippen LogP contribution in [0, 0.1) is 6.92 Å². The summed E-state index contributed by atoms with van der Waals surface area (Å²) in [5, 5.41) is 2.04. The third kappa shape index (κ3) is 2.92. The van der Waals surface area contributed by atoms with Crippen molar-refractivity contribution in [2.75, 3.05) is 19.8 Å². The van der Waals surface area contributed by atoms with Crippen molar-refractivity contribution in [3.8, 4) is 10.8 Å². The summed E-state index contributed by atoms with van der Waals surface area (Å²) in [5.74, 6) is 1.62. The predicted octanol–water partition coefficient (Wildman–Crippen LogP) is 3.62. The third-order valence-electron chi connectivity index (χ3n) is 4.54. The van der Waals surface area contributed by atoms with Crippen LogP contribution in [0.2, 0.25) is 0 Å². The van der Waals surface area contributed by atoms with Crippen molar-refractivity contribution < 1.29 is 9.15 Å². The zero-order valence-electron chi connectivity index (χ0n) is 13.9. The van der Waals surface area contributed by atoms with Crippen molar-refractivity contribution in [3.63, 3.8) is 0 Å². The van der Waals surface area contributed by atoms with Crippen LogP contribution in [-0.2, 0) is 18.3 Å². The van der Waals surface area contributed by atoms with Gasteiger partial charge >= 0.3 is 0 Å². The van der Waals surface area contributed by atoms with Crippen molar-refractivity contribution in [1.29, 1.82) is 0 Å². The van der Waals surface area contributed by atoms with Gasteiger partial charge in [-0.15, -0.1) is 11.3 Å². The maximum atomic E-state index is 5.89. The number of nitrogens with zero attached hydrogens (tertiary/aromatic N) is 3. The first kappa shape index (κ1) is 15.6. The number of aromatic nitrogens is 2. The average molecular weight is 343 g/mol. The van der Waals surface area contributed by atoms with Gasteiger partial charge in [-0.05, 0) is 30.5 Å². The molecule has 0 amide bonds. The number of hydrogen-bond donors (Lipinski definition) is 0. The number of oxazole rings is 1. The summed E-state index contributed by atoms with van der Waals surface area (Å²) >= 11 is 1.65. The van der Waals surface area contributed by atoms with Gasteiger partial charge in [0.05, 0.1) is 29.8 Å². The molecule has 5 nitrogen and oxygen atoms in total. The molecule has 3 aromatic rings. The highest BCUT2D eigenvalue weighted by Gasteiger charge is 2.28. The molecule has 1 atom stereocenters. The fourth-order valence-electron chi connectivity index (χ4n) is 3.19. The highest BCUT2D eigenvalue weighted by Crippen LogP contribution is 2.29. The molecule has 126 valence electrons. The Morgan fingerprint density at radius 3 is 3.00 bits per heavy atom. The predicted molar refractivity (Wildman–Crippen MR) is 93.9 cm³/mol. The van der Waals surface area contributed by atoms with E-state index in [-0.39, 0.29) is 6.04 Å². The highest BCUT2D eigenvalue weighted by atomic mass is 32.1. The minimum absolute atomic E-state index is 0.250. The van der Waals surface area contributed by atoms with E-state index in [0.717, 1.165) is 41.9 Å². The number of thiophene rings is 1. The molecule has 4 heterocycles. The third-order valence-corrected chi connectivity index (χ3v) is 5.40. The number of aryl methyl sites for hydroxylation is 2. The van der Waals surface area contributed by atoms with Crippen molar-refractivity contribution >= 4 is 11.3 Å². The Kier molecular flexibility index (Phi) is 4.26. The maximum absolute atomic E-state index is 5.89. The van der Waals surface area contributed by atoms with E-state index in [2.05, 4.69) is 34.8 Å². The zero-order valence-corrected chi connectivity index (χ0v) is 14.8. The van der Waals surface area contributed by atoms with E-state index in [9.17, 15) is 0 Å². The molecular weight excluding hydrogens is 322 g/mol. The monoisotopic (exact) mass is 343 g/mol. The van der Waals surface area contributed by atoms with Gasteiger partial charge in [-0.1, -0.05) is 6.07 Å². The summed E-state index contributed by atoms with van der Waals surface area (Å²) in [6.07, 6.45) is 2.08. The van der Waals surface area contributed by atoms with Crippen molar-refractivity contribution in [1.82, 2.24) is 14.5 Å². The molecule has 0 saturated carbocycles. The van der Waals surface area contributed by atoms with Gasteiger partial charge in [-0.2, -0.15) is 0 Å². The van der Waals surface area contributed by atoms with E-state index in [4.69, 9.17) is 14.1 Å². The molecule has 3 aromatic heterocycles. The van der Waals surface area contributed by atoms with E-state index >= 15 is 0 Å². The molecule has 0 bridgehead atoms. The summed E-state index contributed by atoms with van der Waals surface area (Å²) in [6, 6.07) is 8.56. The largest absolute Gasteiger partial charge is 0.440 e. The molecule has 1 aliphatic rings. The fourth-order valence-corrected chi connectivity index (χ4v) is 3.84. The Hall–Kier alpha value is -1.89. The molecule has 1 fully saturated rings. The minimum Gasteiger partial charge on any atom is -0.440 e. The van der Waals surface area contributed by atoms with Crippen LogP contribution >= 0.6 is 11.3 Å². The van der Waals surface area contributed by atoms with E-state index in [0.29, 0.717) is 6.61 Å². The van der Waals surface area contributed by atoms with E-state index in [1.54, 1.807) is 11.3 Å². The number of hydrogen-bond acceptors (Lipinski definition) is 5. The summed E-state index contributed by atoms with van der Waals surface area (Å²) in [6.45, 7) is 5.15. The molecule has 4 rings (SSSR count). The van der Waals surface area contributed by atoms with Gasteiger partial charge in [0.2, 0.25) is 5.89 Å². The standard InChI is InChI=1S/C18H21N3O2S/c1-13-14(19-18(23-13)17-6-4-10-24-17)11-21-8-9-22-12-16(21)15-5-3-7-20(15)2/h3-7,10,16H,8-9,11-12H2,1-2H3/t16-/m1/s1. The molecule has 0 aliphatic carbocycles. The Balaban J connectivity index is 1.58. The molecule has 0 radical (unpaired) electrons. The smallest absolute Gasteiger partial charge is 0.236 e. The van der Waals surface area contributed by atoms with Crippen LogP contribution in [-0.4, -0.2) is 34.2 Å². The lowest BCUT2D eigenvalue weighted by Crippen LogP contribution is -2.40. The summed E-state index contributed by atoms with van der Waals surface area (Å²) in [4.78, 5) is 8.25. The molecule has 0 aromatic carbocycles. The minimum atomic E-state index is 0.250. The molecule has 0 unspecified atom stereocenters. The van der Waals surface area contributed by atoms with Crippen LogP contribution in [0.3, 0.4) is 0 Å². The van der Waals surface area contributed by atoms with Gasteiger partial charge in [0.25, 0.3) is 0 Å². The SMILES string of the molecule is Cc1oc(-c2cccs2)nc1CN1CCOC[C@@H]1c1cccn1C. The van der Waals surface area contributed by atoms with Gasteiger partial charge in [-0.25, -0.2) is 4.98 Å². The van der Waals surface area contributed by atoms with Crippen molar-refractivity contribution in [2.45, 2.75) is 19.5 Å². The van der Waals surface area contributed by atoms with E-state index in [1.807, 2.05) is 24.4 Å². The topological polar surface area (TPSA) is 43.4 Å². The fraction of sp³-hybridized carbons (Fsp3) is 0.389. The van der Waals surface area contributed by atoms with Crippen LogP contribution in [0.4, 0.5) is 0 Å². The first-order valence-corrected chi connectivity index (χ1v) is 9.03. The Morgan fingerprint density at radius 1 is 1.33 bits per heavy atom. The van der Waals surface area contributed by atoms with Gasteiger partial charge < -0.3 is 13.7 Å². The molecule has 1 saturated heterocycles. The first-order chi connectivity index (χ1) is 11.7. The Morgan fingerprint density at radius 2 is 2.25 bits per heavy atom. The molecule has 1 aliphatic heterocycles. The molecule has 0 N–H and O–H groups in total. The van der Waals surface area contributed by atoms with Gasteiger partial charge in [0.1, 0.15) is 5.76 Å². The quantitative estimate of drug-likeness (QED) is 0.726. The number of ether oxygens (including phenoxy) is 1. The number of rotatable bonds is 4. The Bertz CT molecular complexity index is 806. The highest BCUT2D eigenvalue weighted by molar-refractivity contribution is 7.13. The second-order valence-electron chi connectivity index (χ2n) is 6.10. The lowest BCUT2D eigenvalue weighted by atomic mass is 10.1. The summed E-state index contributed by atoms with van der Waals surface area (Å²) in [7, 11) is 2.08. The lowest BCUT2D eigenvalue weighted by molar-refractivity contribution is -0.0158. The Labute approximate surface area is 145 Å². The van der Waals surface area contributed by atoms with Crippen molar-refractivity contribution in [3.05, 3.63) is 53.0 Å². The van der Waals surface area contributed by atoms with Crippen LogP contribution in [0.5, 0.6) is 0 Å². The number of morpholine rings is 1. The van der Waals surface area contributed by atoms with Gasteiger partial charge in [-0.3, -0.25) is 4.90 Å². The van der Waals surface area contributed by atoms with Gasteiger partial charge in [0, 0.05) is 32.0 Å². The summed E-state index contributed by atoms with van der Waals surface area (Å²) < 4.78 is 13.8. The van der Waals surface area contributed by atoms with Crippen molar-refractivity contribution in [2.24, 2.45) is 7.05 Å². The van der Waals surface area contributed by atoms with Gasteiger partial charge in [0.15, 0.2) is 0 Å². The van der Waals surface area contributed by atoms with Crippen LogP contribution < -0.4 is 0 Å². The molecule has 6 heteroatoms. The average Bonchev–Trinajstić information content (AvgIpc) is 3.30. The maximum Gasteiger partial charge on any atom is 0.236 e. The molecular formula is C18H21N3O2S. The second-order valence-corrected chi connectivity index (χ2v) is 7.05. The zero-order chi connectivity index (χ0) is 16.5. The van der Waals surface area contributed by atoms with Crippen LogP contribution in [0.1, 0.15) is 23.2 Å². The second kappa shape index (κ2) is 6.55. The van der Waals surface area contributed by atoms with Crippen LogP contribution in [0.25, 0.3) is 10.8 Å². The molecule has 0 spiro atoms. The van der Waals surface area contributed by atoms with E-state index in [1.165, 1.54) is 5.69 Å². The first-order valence-electron chi connectivity index (χ1n) is 8.15. The van der Waals surface area contributed by atoms with Crippen LogP contribution in [0.15, 0.2) is 40.3 Å². The lowest BCUT2D eigenvalue weighted by Gasteiger charge is -2.35. The normalized spacial score (nSPS) is 19.0. The molecule has 24 heavy (non-hydrogen) atoms.